The Kier molecular flexibility index (Phi) is 5.47. The average molecular weight is 225 g/mol. The minimum atomic E-state index is -0.0843. The van der Waals surface area contributed by atoms with E-state index in [4.69, 9.17) is 0 Å². The highest BCUT2D eigenvalue weighted by Crippen LogP contribution is 2.28. The van der Waals surface area contributed by atoms with Gasteiger partial charge in [-0.1, -0.05) is 27.2 Å². The molecule has 0 spiro atoms. The van der Waals surface area contributed by atoms with E-state index in [0.29, 0.717) is 0 Å². The largest absolute Gasteiger partial charge is 0.303 e. The molecule has 2 heteroatoms. The van der Waals surface area contributed by atoms with Crippen molar-refractivity contribution in [2.75, 3.05) is 19.6 Å². The Hall–Kier alpha value is -0.370. The lowest BCUT2D eigenvalue weighted by Crippen LogP contribution is -2.42. The highest BCUT2D eigenvalue weighted by atomic mass is 16.1. The fourth-order valence-corrected chi connectivity index (χ4v) is 2.68. The molecule has 0 unspecified atom stereocenters. The predicted molar refractivity (Wildman–Crippen MR) is 68.5 cm³/mol. The van der Waals surface area contributed by atoms with Gasteiger partial charge in [0.15, 0.2) is 0 Å². The topological polar surface area (TPSA) is 20.3 Å². The number of nitrogens with zero attached hydrogens (tertiary/aromatic N) is 1. The SMILES string of the molecule is CCC1CCN(CC(C=O)(CC)CC)CC1. The smallest absolute Gasteiger partial charge is 0.127 e. The maximum Gasteiger partial charge on any atom is 0.127 e. The van der Waals surface area contributed by atoms with E-state index in [1.165, 1.54) is 38.6 Å². The summed E-state index contributed by atoms with van der Waals surface area (Å²) in [5.74, 6) is 0.921. The zero-order valence-electron chi connectivity index (χ0n) is 11.2. The number of hydrogen-bond acceptors (Lipinski definition) is 2. The van der Waals surface area contributed by atoms with Gasteiger partial charge in [0.05, 0.1) is 0 Å². The summed E-state index contributed by atoms with van der Waals surface area (Å²) in [4.78, 5) is 13.8. The molecule has 0 radical (unpaired) electrons. The highest BCUT2D eigenvalue weighted by Gasteiger charge is 2.29. The molecule has 1 fully saturated rings. The Balaban J connectivity index is 2.45. The molecule has 0 atom stereocenters. The van der Waals surface area contributed by atoms with Crippen molar-refractivity contribution in [2.24, 2.45) is 11.3 Å². The van der Waals surface area contributed by atoms with Crippen molar-refractivity contribution in [3.8, 4) is 0 Å². The van der Waals surface area contributed by atoms with E-state index in [-0.39, 0.29) is 5.41 Å². The minimum absolute atomic E-state index is 0.0843. The maximum atomic E-state index is 11.3. The van der Waals surface area contributed by atoms with E-state index in [1.54, 1.807) is 0 Å². The summed E-state index contributed by atoms with van der Waals surface area (Å²) in [6.45, 7) is 9.91. The fraction of sp³-hybridized carbons (Fsp3) is 0.929. The van der Waals surface area contributed by atoms with Gasteiger partial charge in [0.2, 0.25) is 0 Å². The normalized spacial score (nSPS) is 19.9. The Labute approximate surface area is 100 Å². The number of carbonyl (C=O) groups is 1. The van der Waals surface area contributed by atoms with Crippen LogP contribution in [0.3, 0.4) is 0 Å². The van der Waals surface area contributed by atoms with Gasteiger partial charge >= 0.3 is 0 Å². The van der Waals surface area contributed by atoms with Gasteiger partial charge in [-0.05, 0) is 44.7 Å². The molecule has 1 aliphatic heterocycles. The predicted octanol–water partition coefficient (Wildman–Crippen LogP) is 3.11. The van der Waals surface area contributed by atoms with Crippen LogP contribution in [0.4, 0.5) is 0 Å². The molecule has 0 aromatic carbocycles. The molecule has 0 amide bonds. The number of carbonyl (C=O) groups excluding carboxylic acids is 1. The molecule has 0 bridgehead atoms. The number of hydrogen-bond donors (Lipinski definition) is 0. The summed E-state index contributed by atoms with van der Waals surface area (Å²) >= 11 is 0. The van der Waals surface area contributed by atoms with Crippen LogP contribution >= 0.6 is 0 Å². The quantitative estimate of drug-likeness (QED) is 0.647. The first kappa shape index (κ1) is 13.7. The summed E-state index contributed by atoms with van der Waals surface area (Å²) in [7, 11) is 0. The van der Waals surface area contributed by atoms with Crippen LogP contribution in [-0.2, 0) is 4.79 Å². The van der Waals surface area contributed by atoms with Crippen LogP contribution in [-0.4, -0.2) is 30.8 Å². The van der Waals surface area contributed by atoms with Crippen LogP contribution in [0.15, 0.2) is 0 Å². The second-order valence-electron chi connectivity index (χ2n) is 5.32. The van der Waals surface area contributed by atoms with Crippen LogP contribution in [0.25, 0.3) is 0 Å². The third-order valence-electron chi connectivity index (χ3n) is 4.48. The summed E-state index contributed by atoms with van der Waals surface area (Å²) in [5.41, 5.74) is -0.0843. The monoisotopic (exact) mass is 225 g/mol. The summed E-state index contributed by atoms with van der Waals surface area (Å²) < 4.78 is 0. The second-order valence-corrected chi connectivity index (χ2v) is 5.32. The Morgan fingerprint density at radius 3 is 2.12 bits per heavy atom. The zero-order chi connectivity index (χ0) is 12.0. The van der Waals surface area contributed by atoms with Crippen molar-refractivity contribution in [1.82, 2.24) is 4.90 Å². The molecule has 0 aromatic heterocycles. The van der Waals surface area contributed by atoms with Crippen LogP contribution in [0.2, 0.25) is 0 Å². The van der Waals surface area contributed by atoms with Gasteiger partial charge in [0.1, 0.15) is 6.29 Å². The van der Waals surface area contributed by atoms with Crippen molar-refractivity contribution < 1.29 is 4.79 Å². The molecule has 0 aliphatic carbocycles. The van der Waals surface area contributed by atoms with Crippen LogP contribution in [0.5, 0.6) is 0 Å². The third-order valence-corrected chi connectivity index (χ3v) is 4.48. The lowest BCUT2D eigenvalue weighted by molar-refractivity contribution is -0.118. The molecule has 1 saturated heterocycles. The van der Waals surface area contributed by atoms with Crippen molar-refractivity contribution in [3.63, 3.8) is 0 Å². The van der Waals surface area contributed by atoms with Crippen molar-refractivity contribution in [3.05, 3.63) is 0 Å². The van der Waals surface area contributed by atoms with Gasteiger partial charge < -0.3 is 9.69 Å². The first-order valence-corrected chi connectivity index (χ1v) is 6.88. The Morgan fingerprint density at radius 2 is 1.75 bits per heavy atom. The second kappa shape index (κ2) is 6.39. The van der Waals surface area contributed by atoms with Crippen LogP contribution in [0.1, 0.15) is 52.9 Å². The Bertz CT molecular complexity index is 203. The maximum absolute atomic E-state index is 11.3. The highest BCUT2D eigenvalue weighted by molar-refractivity contribution is 5.59. The summed E-state index contributed by atoms with van der Waals surface area (Å²) in [6, 6.07) is 0. The van der Waals surface area contributed by atoms with E-state index in [2.05, 4.69) is 25.7 Å². The van der Waals surface area contributed by atoms with Crippen molar-refractivity contribution >= 4 is 6.29 Å². The third kappa shape index (κ3) is 3.31. The van der Waals surface area contributed by atoms with Gasteiger partial charge in [-0.25, -0.2) is 0 Å². The van der Waals surface area contributed by atoms with E-state index >= 15 is 0 Å². The van der Waals surface area contributed by atoms with E-state index in [9.17, 15) is 4.79 Å². The summed E-state index contributed by atoms with van der Waals surface area (Å²) in [6.07, 6.45) is 7.09. The molecule has 1 aliphatic rings. The molecule has 1 rings (SSSR count). The van der Waals surface area contributed by atoms with Crippen LogP contribution in [0, 0.1) is 11.3 Å². The molecule has 94 valence electrons. The van der Waals surface area contributed by atoms with Crippen LogP contribution < -0.4 is 0 Å². The standard InChI is InChI=1S/C14H27NO/c1-4-13-7-9-15(10-8-13)11-14(5-2,6-3)12-16/h12-13H,4-11H2,1-3H3. The van der Waals surface area contributed by atoms with E-state index in [0.717, 1.165) is 25.3 Å². The first-order chi connectivity index (χ1) is 7.69. The van der Waals surface area contributed by atoms with Gasteiger partial charge in [0, 0.05) is 12.0 Å². The lowest BCUT2D eigenvalue weighted by atomic mass is 9.82. The minimum Gasteiger partial charge on any atom is -0.303 e. The van der Waals surface area contributed by atoms with Gasteiger partial charge in [-0.2, -0.15) is 0 Å². The molecular formula is C14H27NO. The van der Waals surface area contributed by atoms with Crippen molar-refractivity contribution in [2.45, 2.75) is 52.9 Å². The molecule has 0 N–H and O–H groups in total. The molecule has 1 heterocycles. The van der Waals surface area contributed by atoms with Crippen molar-refractivity contribution in [1.29, 1.82) is 0 Å². The molecule has 2 nitrogen and oxygen atoms in total. The van der Waals surface area contributed by atoms with E-state index in [1.807, 2.05) is 0 Å². The summed E-state index contributed by atoms with van der Waals surface area (Å²) in [5, 5.41) is 0. The number of aldehydes is 1. The fourth-order valence-electron chi connectivity index (χ4n) is 2.68. The van der Waals surface area contributed by atoms with Gasteiger partial charge in [0.25, 0.3) is 0 Å². The Morgan fingerprint density at radius 1 is 1.19 bits per heavy atom. The zero-order valence-corrected chi connectivity index (χ0v) is 11.2. The number of likely N-dealkylation sites (tertiary alicyclic amines) is 1. The van der Waals surface area contributed by atoms with Gasteiger partial charge in [-0.3, -0.25) is 0 Å². The number of rotatable bonds is 6. The molecule has 16 heavy (non-hydrogen) atoms. The average Bonchev–Trinajstić information content (AvgIpc) is 2.37. The molecule has 0 aromatic rings. The van der Waals surface area contributed by atoms with E-state index < -0.39 is 0 Å². The first-order valence-electron chi connectivity index (χ1n) is 6.88. The number of piperidine rings is 1. The molecular weight excluding hydrogens is 198 g/mol. The van der Waals surface area contributed by atoms with Gasteiger partial charge in [-0.15, -0.1) is 0 Å². The molecule has 0 saturated carbocycles. The lowest BCUT2D eigenvalue weighted by Gasteiger charge is -2.37.